The predicted octanol–water partition coefficient (Wildman–Crippen LogP) is 4.70. The van der Waals surface area contributed by atoms with E-state index in [4.69, 9.17) is 16.7 Å². The van der Waals surface area contributed by atoms with Crippen molar-refractivity contribution in [3.63, 3.8) is 0 Å². The van der Waals surface area contributed by atoms with Crippen LogP contribution in [-0.2, 0) is 20.0 Å². The zero-order chi connectivity index (χ0) is 17.0. The number of imidazole rings is 1. The van der Waals surface area contributed by atoms with Crippen LogP contribution in [0.2, 0.25) is 5.02 Å². The number of hydrogen-bond donors (Lipinski definition) is 0. The van der Waals surface area contributed by atoms with Crippen LogP contribution in [0.15, 0.2) is 48.8 Å². The highest BCUT2D eigenvalue weighted by molar-refractivity contribution is 6.30. The van der Waals surface area contributed by atoms with Gasteiger partial charge in [-0.2, -0.15) is 5.10 Å². The number of hydrogen-bond acceptors (Lipinski definition) is 2. The van der Waals surface area contributed by atoms with Crippen molar-refractivity contribution in [2.75, 3.05) is 0 Å². The Hall–Kier alpha value is -2.59. The van der Waals surface area contributed by atoms with Crippen molar-refractivity contribution in [2.24, 2.45) is 7.05 Å². The Morgan fingerprint density at radius 1 is 1.08 bits per heavy atom. The lowest BCUT2D eigenvalue weighted by molar-refractivity contribution is 0.659. The van der Waals surface area contributed by atoms with Crippen LogP contribution in [-0.4, -0.2) is 19.3 Å². The van der Waals surface area contributed by atoms with E-state index in [1.54, 1.807) is 0 Å². The predicted molar refractivity (Wildman–Crippen MR) is 101 cm³/mol. The van der Waals surface area contributed by atoms with Gasteiger partial charge in [0.25, 0.3) is 0 Å². The van der Waals surface area contributed by atoms with Crippen molar-refractivity contribution < 1.29 is 0 Å². The monoisotopic (exact) mass is 348 g/mol. The van der Waals surface area contributed by atoms with E-state index in [0.717, 1.165) is 46.7 Å². The second-order valence-corrected chi connectivity index (χ2v) is 7.00. The minimum Gasteiger partial charge on any atom is -0.334 e. The van der Waals surface area contributed by atoms with Crippen molar-refractivity contribution in [1.82, 2.24) is 19.3 Å². The lowest BCUT2D eigenvalue weighted by Gasteiger charge is -2.07. The summed E-state index contributed by atoms with van der Waals surface area (Å²) in [7, 11) is 2.03. The molecule has 4 nitrogen and oxygen atoms in total. The highest BCUT2D eigenvalue weighted by Gasteiger charge is 2.24. The molecule has 0 unspecified atom stereocenters. The molecule has 0 N–H and O–H groups in total. The fourth-order valence-corrected chi connectivity index (χ4v) is 3.95. The standard InChI is InChI=1S/C20H17ClN4/c1-24-12-22-16-8-7-13(11-18(16)24)19-17-6-3-9-25(17)23-20(19)14-4-2-5-15(21)10-14/h2,4-5,7-8,10-12H,3,6,9H2,1H3. The van der Waals surface area contributed by atoms with Gasteiger partial charge in [0.15, 0.2) is 0 Å². The molecule has 0 saturated heterocycles. The summed E-state index contributed by atoms with van der Waals surface area (Å²) < 4.78 is 4.21. The Labute approximate surface area is 150 Å². The lowest BCUT2D eigenvalue weighted by Crippen LogP contribution is -1.94. The lowest BCUT2D eigenvalue weighted by atomic mass is 9.97. The average Bonchev–Trinajstić information content (AvgIpc) is 3.29. The van der Waals surface area contributed by atoms with E-state index in [0.29, 0.717) is 0 Å². The Morgan fingerprint density at radius 2 is 2.00 bits per heavy atom. The number of benzene rings is 2. The second-order valence-electron chi connectivity index (χ2n) is 6.57. The third-order valence-electron chi connectivity index (χ3n) is 4.95. The molecule has 1 aliphatic rings. The molecule has 0 bridgehead atoms. The Balaban J connectivity index is 1.78. The Kier molecular flexibility index (Phi) is 3.22. The van der Waals surface area contributed by atoms with Gasteiger partial charge in [-0.25, -0.2) is 4.98 Å². The molecule has 0 atom stereocenters. The molecule has 0 saturated carbocycles. The first kappa shape index (κ1) is 14.7. The molecule has 0 fully saturated rings. The van der Waals surface area contributed by atoms with E-state index in [1.807, 2.05) is 31.6 Å². The van der Waals surface area contributed by atoms with Crippen LogP contribution in [0.3, 0.4) is 0 Å². The maximum atomic E-state index is 6.23. The van der Waals surface area contributed by atoms with Crippen LogP contribution in [0.1, 0.15) is 12.1 Å². The summed E-state index contributed by atoms with van der Waals surface area (Å²) in [5, 5.41) is 5.64. The van der Waals surface area contributed by atoms with E-state index in [2.05, 4.69) is 38.5 Å². The van der Waals surface area contributed by atoms with E-state index >= 15 is 0 Å². The van der Waals surface area contributed by atoms with Crippen molar-refractivity contribution in [2.45, 2.75) is 19.4 Å². The van der Waals surface area contributed by atoms with Gasteiger partial charge in [0.05, 0.1) is 17.4 Å². The van der Waals surface area contributed by atoms with Gasteiger partial charge in [-0.3, -0.25) is 4.68 Å². The molecule has 0 aliphatic carbocycles. The summed E-state index contributed by atoms with van der Waals surface area (Å²) in [5.41, 5.74) is 7.95. The summed E-state index contributed by atoms with van der Waals surface area (Å²) in [6, 6.07) is 14.4. The van der Waals surface area contributed by atoms with Gasteiger partial charge in [0.2, 0.25) is 0 Å². The Bertz CT molecular complexity index is 1110. The largest absolute Gasteiger partial charge is 0.334 e. The summed E-state index contributed by atoms with van der Waals surface area (Å²) in [4.78, 5) is 4.43. The molecule has 3 heterocycles. The molecule has 2 aromatic heterocycles. The third-order valence-corrected chi connectivity index (χ3v) is 5.19. The smallest absolute Gasteiger partial charge is 0.100 e. The number of aryl methyl sites for hydroxylation is 2. The molecule has 2 aromatic carbocycles. The van der Waals surface area contributed by atoms with Crippen molar-refractivity contribution in [1.29, 1.82) is 0 Å². The number of nitrogens with zero attached hydrogens (tertiary/aromatic N) is 4. The summed E-state index contributed by atoms with van der Waals surface area (Å²) in [6.07, 6.45) is 4.07. The Morgan fingerprint density at radius 3 is 2.88 bits per heavy atom. The molecule has 1 aliphatic heterocycles. The number of halogens is 1. The van der Waals surface area contributed by atoms with Gasteiger partial charge in [0, 0.05) is 35.4 Å². The summed E-state index contributed by atoms with van der Waals surface area (Å²) in [6.45, 7) is 0.983. The zero-order valence-electron chi connectivity index (χ0n) is 13.9. The zero-order valence-corrected chi connectivity index (χ0v) is 14.7. The van der Waals surface area contributed by atoms with Crippen LogP contribution in [0.4, 0.5) is 0 Å². The average molecular weight is 349 g/mol. The third kappa shape index (κ3) is 2.29. The SMILES string of the molecule is Cn1cnc2ccc(-c3c(-c4cccc(Cl)c4)nn4c3CCC4)cc21. The molecule has 0 spiro atoms. The van der Waals surface area contributed by atoms with E-state index in [9.17, 15) is 0 Å². The number of fused-ring (bicyclic) bond motifs is 2. The minimum absolute atomic E-state index is 0.735. The van der Waals surface area contributed by atoms with Crippen LogP contribution in [0.25, 0.3) is 33.4 Å². The molecule has 0 radical (unpaired) electrons. The molecule has 0 amide bonds. The van der Waals surface area contributed by atoms with Gasteiger partial charge < -0.3 is 4.57 Å². The summed E-state index contributed by atoms with van der Waals surface area (Å²) in [5.74, 6) is 0. The van der Waals surface area contributed by atoms with Gasteiger partial charge in [0.1, 0.15) is 5.69 Å². The molecule has 5 rings (SSSR count). The van der Waals surface area contributed by atoms with E-state index in [1.165, 1.54) is 16.8 Å². The molecule has 5 heteroatoms. The molecular weight excluding hydrogens is 332 g/mol. The maximum absolute atomic E-state index is 6.23. The normalized spacial score (nSPS) is 13.5. The highest BCUT2D eigenvalue weighted by Crippen LogP contribution is 2.38. The first-order chi connectivity index (χ1) is 12.2. The molecular formula is C20H17ClN4. The highest BCUT2D eigenvalue weighted by atomic mass is 35.5. The van der Waals surface area contributed by atoms with Gasteiger partial charge in [-0.1, -0.05) is 29.8 Å². The van der Waals surface area contributed by atoms with Crippen molar-refractivity contribution >= 4 is 22.6 Å². The second kappa shape index (κ2) is 5.46. The van der Waals surface area contributed by atoms with E-state index in [-0.39, 0.29) is 0 Å². The molecule has 25 heavy (non-hydrogen) atoms. The first-order valence-corrected chi connectivity index (χ1v) is 8.85. The fourth-order valence-electron chi connectivity index (χ4n) is 3.75. The number of rotatable bonds is 2. The van der Waals surface area contributed by atoms with Gasteiger partial charge in [-0.15, -0.1) is 0 Å². The topological polar surface area (TPSA) is 35.6 Å². The quantitative estimate of drug-likeness (QED) is 0.526. The maximum Gasteiger partial charge on any atom is 0.100 e. The van der Waals surface area contributed by atoms with Crippen LogP contribution < -0.4 is 0 Å². The van der Waals surface area contributed by atoms with Crippen LogP contribution >= 0.6 is 11.6 Å². The van der Waals surface area contributed by atoms with Crippen molar-refractivity contribution in [3.8, 4) is 22.4 Å². The van der Waals surface area contributed by atoms with Gasteiger partial charge >= 0.3 is 0 Å². The van der Waals surface area contributed by atoms with Crippen molar-refractivity contribution in [3.05, 3.63) is 59.5 Å². The fraction of sp³-hybridized carbons (Fsp3) is 0.200. The van der Waals surface area contributed by atoms with Crippen LogP contribution in [0.5, 0.6) is 0 Å². The first-order valence-electron chi connectivity index (χ1n) is 8.48. The minimum atomic E-state index is 0.735. The van der Waals surface area contributed by atoms with Gasteiger partial charge in [-0.05, 0) is 42.7 Å². The number of aromatic nitrogens is 4. The van der Waals surface area contributed by atoms with E-state index < -0.39 is 0 Å². The molecule has 4 aromatic rings. The summed E-state index contributed by atoms with van der Waals surface area (Å²) >= 11 is 6.23. The molecule has 124 valence electrons. The van der Waals surface area contributed by atoms with Crippen LogP contribution in [0, 0.1) is 0 Å².